The van der Waals surface area contributed by atoms with E-state index in [-0.39, 0.29) is 22.8 Å². The molecule has 5 N–H and O–H groups in total. The van der Waals surface area contributed by atoms with Gasteiger partial charge in [-0.3, -0.25) is 4.79 Å². The second-order valence-corrected chi connectivity index (χ2v) is 7.18. The van der Waals surface area contributed by atoms with E-state index in [1.807, 2.05) is 0 Å². The summed E-state index contributed by atoms with van der Waals surface area (Å²) in [5, 5.41) is 3.77. The number of nitrogen functional groups attached to an aromatic ring is 1. The summed E-state index contributed by atoms with van der Waals surface area (Å²) >= 11 is 1.03. The van der Waals surface area contributed by atoms with Crippen LogP contribution in [0.3, 0.4) is 0 Å². The topological polar surface area (TPSA) is 94.0 Å². The Morgan fingerprint density at radius 3 is 2.48 bits per heavy atom. The van der Waals surface area contributed by atoms with E-state index in [1.165, 1.54) is 6.42 Å². The van der Waals surface area contributed by atoms with Gasteiger partial charge in [0.25, 0.3) is 0 Å². The lowest BCUT2D eigenvalue weighted by atomic mass is 9.96. The molecule has 0 saturated heterocycles. The van der Waals surface area contributed by atoms with Gasteiger partial charge in [-0.2, -0.15) is 0 Å². The maximum atomic E-state index is 14.2. The van der Waals surface area contributed by atoms with Crippen molar-refractivity contribution in [1.29, 1.82) is 0 Å². The maximum absolute atomic E-state index is 14.2. The molecule has 0 bridgehead atoms. The molecule has 1 aliphatic carbocycles. The Balaban J connectivity index is 1.85. The van der Waals surface area contributed by atoms with Crippen LogP contribution in [0.15, 0.2) is 12.1 Å². The van der Waals surface area contributed by atoms with Crippen molar-refractivity contribution in [3.05, 3.63) is 39.8 Å². The Labute approximate surface area is 148 Å². The van der Waals surface area contributed by atoms with Gasteiger partial charge >= 0.3 is 0 Å². The van der Waals surface area contributed by atoms with Crippen LogP contribution in [-0.2, 0) is 6.54 Å². The molecule has 134 valence electrons. The third kappa shape index (κ3) is 3.80. The molecule has 1 fully saturated rings. The van der Waals surface area contributed by atoms with Crippen LogP contribution in [0.4, 0.5) is 19.7 Å². The fourth-order valence-electron chi connectivity index (χ4n) is 3.05. The van der Waals surface area contributed by atoms with E-state index in [1.54, 1.807) is 0 Å². The summed E-state index contributed by atoms with van der Waals surface area (Å²) in [6, 6.07) is 2.42. The monoisotopic (exact) mass is 366 g/mol. The molecular formula is C17H20F2N4OS. The molecule has 1 saturated carbocycles. The number of carbonyl (C=O) groups excluding carboxylic acids is 1. The minimum absolute atomic E-state index is 0.0134. The molecule has 2 aromatic rings. The summed E-state index contributed by atoms with van der Waals surface area (Å²) in [5.41, 5.74) is 10.9. The molecule has 3 rings (SSSR count). The second-order valence-electron chi connectivity index (χ2n) is 6.18. The Morgan fingerprint density at radius 2 is 1.88 bits per heavy atom. The Morgan fingerprint density at radius 1 is 1.24 bits per heavy atom. The third-order valence-corrected chi connectivity index (χ3v) is 5.36. The number of ketones is 1. The summed E-state index contributed by atoms with van der Waals surface area (Å²) in [7, 11) is 0. The molecule has 0 spiro atoms. The zero-order valence-corrected chi connectivity index (χ0v) is 14.5. The largest absolute Gasteiger partial charge is 0.382 e. The number of benzene rings is 1. The first-order chi connectivity index (χ1) is 12.0. The average Bonchev–Trinajstić information content (AvgIpc) is 2.95. The van der Waals surface area contributed by atoms with Gasteiger partial charge in [-0.1, -0.05) is 30.6 Å². The van der Waals surface area contributed by atoms with Crippen LogP contribution in [0.5, 0.6) is 0 Å². The van der Waals surface area contributed by atoms with E-state index >= 15 is 0 Å². The zero-order valence-electron chi connectivity index (χ0n) is 13.6. The van der Waals surface area contributed by atoms with Crippen molar-refractivity contribution in [2.75, 3.05) is 11.1 Å². The van der Waals surface area contributed by atoms with Gasteiger partial charge in [0, 0.05) is 12.6 Å². The number of nitrogens with two attached hydrogens (primary N) is 2. The molecule has 0 atom stereocenters. The summed E-state index contributed by atoms with van der Waals surface area (Å²) in [4.78, 5) is 16.7. The number of anilines is 2. The van der Waals surface area contributed by atoms with Crippen molar-refractivity contribution < 1.29 is 13.6 Å². The molecule has 1 aliphatic rings. The van der Waals surface area contributed by atoms with Gasteiger partial charge in [-0.05, 0) is 30.5 Å². The summed E-state index contributed by atoms with van der Waals surface area (Å²) in [6.07, 6.45) is 5.58. The molecule has 1 aromatic heterocycles. The normalized spacial score (nSPS) is 15.3. The summed E-state index contributed by atoms with van der Waals surface area (Å²) < 4.78 is 28.3. The van der Waals surface area contributed by atoms with Crippen molar-refractivity contribution >= 4 is 28.1 Å². The quantitative estimate of drug-likeness (QED) is 0.705. The van der Waals surface area contributed by atoms with Gasteiger partial charge in [-0.15, -0.1) is 0 Å². The summed E-state index contributed by atoms with van der Waals surface area (Å²) in [5.74, 6) is -2.71. The van der Waals surface area contributed by atoms with Crippen LogP contribution in [0.25, 0.3) is 0 Å². The minimum atomic E-state index is -0.944. The molecule has 1 aromatic carbocycles. The number of carbonyl (C=O) groups is 1. The number of nitrogens with one attached hydrogen (secondary N) is 1. The second kappa shape index (κ2) is 7.45. The number of hydrogen-bond donors (Lipinski definition) is 3. The molecule has 25 heavy (non-hydrogen) atoms. The predicted molar refractivity (Wildman–Crippen MR) is 94.7 cm³/mol. The first-order valence-corrected chi connectivity index (χ1v) is 9.06. The molecule has 0 amide bonds. The van der Waals surface area contributed by atoms with Crippen molar-refractivity contribution in [1.82, 2.24) is 4.98 Å². The average molecular weight is 366 g/mol. The van der Waals surface area contributed by atoms with Crippen LogP contribution in [0, 0.1) is 11.6 Å². The van der Waals surface area contributed by atoms with Crippen molar-refractivity contribution in [3.8, 4) is 0 Å². The van der Waals surface area contributed by atoms with E-state index in [0.29, 0.717) is 11.2 Å². The number of rotatable bonds is 5. The van der Waals surface area contributed by atoms with Gasteiger partial charge in [0.2, 0.25) is 5.78 Å². The summed E-state index contributed by atoms with van der Waals surface area (Å²) in [6.45, 7) is -0.0134. The van der Waals surface area contributed by atoms with Crippen LogP contribution < -0.4 is 16.8 Å². The SMILES string of the molecule is NCc1cc(F)c(C(=O)c2sc(NC3CCCCC3)nc2N)c(F)c1. The predicted octanol–water partition coefficient (Wildman–Crippen LogP) is 3.44. The van der Waals surface area contributed by atoms with E-state index < -0.39 is 23.0 Å². The van der Waals surface area contributed by atoms with E-state index in [9.17, 15) is 13.6 Å². The lowest BCUT2D eigenvalue weighted by Crippen LogP contribution is -2.22. The van der Waals surface area contributed by atoms with E-state index in [4.69, 9.17) is 11.5 Å². The van der Waals surface area contributed by atoms with E-state index in [0.717, 1.165) is 49.2 Å². The highest BCUT2D eigenvalue weighted by Gasteiger charge is 2.25. The molecule has 0 aliphatic heterocycles. The number of thiazole rings is 1. The Hall–Kier alpha value is -2.06. The fraction of sp³-hybridized carbons (Fsp3) is 0.412. The smallest absolute Gasteiger partial charge is 0.212 e. The highest BCUT2D eigenvalue weighted by atomic mass is 32.1. The van der Waals surface area contributed by atoms with E-state index in [2.05, 4.69) is 10.3 Å². The van der Waals surface area contributed by atoms with Gasteiger partial charge < -0.3 is 16.8 Å². The first-order valence-electron chi connectivity index (χ1n) is 8.25. The van der Waals surface area contributed by atoms with Crippen LogP contribution in [0.1, 0.15) is 52.9 Å². The number of hydrogen-bond acceptors (Lipinski definition) is 6. The highest BCUT2D eigenvalue weighted by molar-refractivity contribution is 7.18. The van der Waals surface area contributed by atoms with Gasteiger partial charge in [0.15, 0.2) is 5.13 Å². The van der Waals surface area contributed by atoms with Gasteiger partial charge in [-0.25, -0.2) is 13.8 Å². The fourth-order valence-corrected chi connectivity index (χ4v) is 3.96. The van der Waals surface area contributed by atoms with Crippen molar-refractivity contribution in [2.45, 2.75) is 44.7 Å². The highest BCUT2D eigenvalue weighted by Crippen LogP contribution is 2.31. The molecule has 0 radical (unpaired) electrons. The number of aromatic nitrogens is 1. The maximum Gasteiger partial charge on any atom is 0.212 e. The molecule has 1 heterocycles. The number of halogens is 2. The van der Waals surface area contributed by atoms with Crippen LogP contribution in [0.2, 0.25) is 0 Å². The Kier molecular flexibility index (Phi) is 5.29. The van der Waals surface area contributed by atoms with Crippen LogP contribution >= 0.6 is 11.3 Å². The van der Waals surface area contributed by atoms with Crippen molar-refractivity contribution in [2.24, 2.45) is 5.73 Å². The lowest BCUT2D eigenvalue weighted by molar-refractivity contribution is 0.103. The molecule has 5 nitrogen and oxygen atoms in total. The molecule has 8 heteroatoms. The number of nitrogens with zero attached hydrogens (tertiary/aromatic N) is 1. The van der Waals surface area contributed by atoms with Gasteiger partial charge in [0.05, 0.1) is 5.56 Å². The van der Waals surface area contributed by atoms with Crippen molar-refractivity contribution in [3.63, 3.8) is 0 Å². The van der Waals surface area contributed by atoms with Gasteiger partial charge in [0.1, 0.15) is 22.3 Å². The molecule has 0 unspecified atom stereocenters. The lowest BCUT2D eigenvalue weighted by Gasteiger charge is -2.22. The Bertz CT molecular complexity index is 764. The first kappa shape index (κ1) is 17.8. The minimum Gasteiger partial charge on any atom is -0.382 e. The molecular weight excluding hydrogens is 346 g/mol. The standard InChI is InChI=1S/C17H20F2N4OS/c18-11-6-9(8-20)7-12(19)13(11)14(24)15-16(21)23-17(25-15)22-10-4-2-1-3-5-10/h6-7,10H,1-5,8,20-21H2,(H,22,23). The zero-order chi connectivity index (χ0) is 18.0. The third-order valence-electron chi connectivity index (χ3n) is 4.36. The van der Waals surface area contributed by atoms with Crippen LogP contribution in [-0.4, -0.2) is 16.8 Å².